The Bertz CT molecular complexity index is 1500. The van der Waals surface area contributed by atoms with Crippen molar-refractivity contribution in [1.82, 2.24) is 4.57 Å². The summed E-state index contributed by atoms with van der Waals surface area (Å²) in [5.41, 5.74) is 2.47. The predicted octanol–water partition coefficient (Wildman–Crippen LogP) is 4.60. The van der Waals surface area contributed by atoms with Crippen LogP contribution in [0.25, 0.3) is 11.1 Å². The van der Waals surface area contributed by atoms with Gasteiger partial charge in [0.15, 0.2) is 15.6 Å². The van der Waals surface area contributed by atoms with Gasteiger partial charge in [0.05, 0.1) is 5.75 Å². The van der Waals surface area contributed by atoms with Crippen LogP contribution in [0, 0.1) is 5.82 Å². The van der Waals surface area contributed by atoms with Gasteiger partial charge in [-0.25, -0.2) is 12.8 Å². The van der Waals surface area contributed by atoms with Crippen LogP contribution in [0.3, 0.4) is 0 Å². The highest BCUT2D eigenvalue weighted by Gasteiger charge is 2.28. The van der Waals surface area contributed by atoms with Crippen LogP contribution in [0.5, 0.6) is 0 Å². The first-order chi connectivity index (χ1) is 18.3. The van der Waals surface area contributed by atoms with Crippen LogP contribution in [0.4, 0.5) is 4.39 Å². The van der Waals surface area contributed by atoms with Gasteiger partial charge >= 0.3 is 0 Å². The number of hydrogen-bond acceptors (Lipinski definition) is 7. The Hall–Kier alpha value is -2.79. The predicted molar refractivity (Wildman–Crippen MR) is 155 cm³/mol. The summed E-state index contributed by atoms with van der Waals surface area (Å²) < 4.78 is 39.5. The molecule has 3 N–H and O–H groups in total. The molecule has 1 atom stereocenters. The SMILES string of the molecule is CCS(=O)(=O)Cc1ccc(C(=O)c2ccc(F)cc2)c(-c2cn(C)c(=O)cc2[C@@H](CCO)CC(C)(C)SN)c1. The monoisotopic (exact) mass is 574 g/mol. The number of benzene rings is 2. The molecule has 1 heterocycles. The summed E-state index contributed by atoms with van der Waals surface area (Å²) in [5, 5.41) is 15.8. The lowest BCUT2D eigenvalue weighted by atomic mass is 9.82. The van der Waals surface area contributed by atoms with E-state index in [0.717, 1.165) is 0 Å². The van der Waals surface area contributed by atoms with E-state index in [2.05, 4.69) is 0 Å². The number of rotatable bonds is 12. The minimum Gasteiger partial charge on any atom is -0.396 e. The van der Waals surface area contributed by atoms with E-state index in [1.54, 1.807) is 38.4 Å². The number of halogens is 1. The highest BCUT2D eigenvalue weighted by Crippen LogP contribution is 2.40. The van der Waals surface area contributed by atoms with E-state index in [1.807, 2.05) is 13.8 Å². The molecular weight excluding hydrogens is 539 g/mol. The van der Waals surface area contributed by atoms with Crippen LogP contribution < -0.4 is 10.7 Å². The summed E-state index contributed by atoms with van der Waals surface area (Å²) in [7, 11) is -1.77. The largest absolute Gasteiger partial charge is 0.396 e. The van der Waals surface area contributed by atoms with Crippen LogP contribution in [-0.2, 0) is 22.6 Å². The molecule has 0 unspecified atom stereocenters. The number of pyridine rings is 1. The lowest BCUT2D eigenvalue weighted by molar-refractivity contribution is 0.103. The summed E-state index contributed by atoms with van der Waals surface area (Å²) in [4.78, 5) is 26.5. The maximum Gasteiger partial charge on any atom is 0.250 e. The zero-order valence-corrected chi connectivity index (χ0v) is 24.2. The molecule has 0 aliphatic carbocycles. The number of carbonyl (C=O) groups excluding carboxylic acids is 1. The van der Waals surface area contributed by atoms with Crippen molar-refractivity contribution in [3.8, 4) is 11.1 Å². The number of nitrogens with two attached hydrogens (primary N) is 1. The van der Waals surface area contributed by atoms with Crippen LogP contribution in [0.1, 0.15) is 66.6 Å². The molecule has 10 heteroatoms. The number of aliphatic hydroxyl groups excluding tert-OH is 1. The van der Waals surface area contributed by atoms with Crippen molar-refractivity contribution in [2.75, 3.05) is 12.4 Å². The maximum atomic E-state index is 13.7. The molecular formula is C29H35FN2O5S2. The lowest BCUT2D eigenvalue weighted by Gasteiger charge is -2.29. The fourth-order valence-corrected chi connectivity index (χ4v) is 5.78. The molecule has 0 amide bonds. The standard InChI is InChI=1S/C29H35FN2O5S2/c1-5-39(36,37)18-19-6-11-23(28(35)20-7-9-22(30)10-8-20)25(14-19)26-17-32(4)27(34)15-24(26)21(12-13-33)16-29(2,3)38-31/h6-11,14-15,17,21,33H,5,12-13,16,18,31H2,1-4H3/t21-/m0/s1. The molecule has 39 heavy (non-hydrogen) atoms. The van der Waals surface area contributed by atoms with Gasteiger partial charge < -0.3 is 9.67 Å². The van der Waals surface area contributed by atoms with Gasteiger partial charge in [-0.3, -0.25) is 14.7 Å². The van der Waals surface area contributed by atoms with Crippen LogP contribution in [0.2, 0.25) is 0 Å². The molecule has 0 bridgehead atoms. The molecule has 0 spiro atoms. The Kier molecular flexibility index (Phi) is 9.93. The molecule has 0 radical (unpaired) electrons. The normalized spacial score (nSPS) is 12.9. The molecule has 0 saturated carbocycles. The van der Waals surface area contributed by atoms with Crippen molar-refractivity contribution in [2.24, 2.45) is 12.2 Å². The number of ketones is 1. The average molecular weight is 575 g/mol. The van der Waals surface area contributed by atoms with E-state index in [0.29, 0.717) is 35.1 Å². The quantitative estimate of drug-likeness (QED) is 0.240. The fraction of sp³-hybridized carbons (Fsp3) is 0.379. The van der Waals surface area contributed by atoms with Crippen molar-refractivity contribution < 1.29 is 22.7 Å². The van der Waals surface area contributed by atoms with Crippen molar-refractivity contribution in [1.29, 1.82) is 0 Å². The van der Waals surface area contributed by atoms with Gasteiger partial charge in [-0.2, -0.15) is 0 Å². The molecule has 0 aliphatic rings. The number of carbonyl (C=O) groups is 1. The molecule has 1 aromatic heterocycles. The number of aromatic nitrogens is 1. The first kappa shape index (κ1) is 30.7. The zero-order chi connectivity index (χ0) is 29.0. The summed E-state index contributed by atoms with van der Waals surface area (Å²) >= 11 is 1.19. The lowest BCUT2D eigenvalue weighted by Crippen LogP contribution is -2.24. The first-order valence-electron chi connectivity index (χ1n) is 12.6. The molecule has 2 aromatic carbocycles. The Morgan fingerprint density at radius 3 is 2.38 bits per heavy atom. The highest BCUT2D eigenvalue weighted by molar-refractivity contribution is 7.98. The summed E-state index contributed by atoms with van der Waals surface area (Å²) in [5.74, 6) is -1.36. The van der Waals surface area contributed by atoms with E-state index in [4.69, 9.17) is 5.14 Å². The summed E-state index contributed by atoms with van der Waals surface area (Å²) in [6.07, 6.45) is 2.54. The third kappa shape index (κ3) is 7.66. The minimum atomic E-state index is -3.37. The Balaban J connectivity index is 2.32. The minimum absolute atomic E-state index is 0.0336. The second-order valence-electron chi connectivity index (χ2n) is 10.3. The van der Waals surface area contributed by atoms with Crippen LogP contribution in [0.15, 0.2) is 59.5 Å². The van der Waals surface area contributed by atoms with Crippen molar-refractivity contribution in [2.45, 2.75) is 50.0 Å². The van der Waals surface area contributed by atoms with Crippen molar-refractivity contribution >= 4 is 27.6 Å². The Morgan fingerprint density at radius 2 is 1.79 bits per heavy atom. The molecule has 0 aliphatic heterocycles. The van der Waals surface area contributed by atoms with E-state index < -0.39 is 15.7 Å². The van der Waals surface area contributed by atoms with Gasteiger partial charge in [-0.15, -0.1) is 0 Å². The number of hydrogen-bond donors (Lipinski definition) is 2. The third-order valence-electron chi connectivity index (χ3n) is 6.79. The van der Waals surface area contributed by atoms with E-state index in [-0.39, 0.29) is 51.2 Å². The first-order valence-corrected chi connectivity index (χ1v) is 15.3. The summed E-state index contributed by atoms with van der Waals surface area (Å²) in [6, 6.07) is 11.6. The number of aryl methyl sites for hydroxylation is 1. The van der Waals surface area contributed by atoms with E-state index in [1.165, 1.54) is 46.8 Å². The Labute approximate surface area is 233 Å². The molecule has 0 fully saturated rings. The van der Waals surface area contributed by atoms with E-state index >= 15 is 0 Å². The molecule has 7 nitrogen and oxygen atoms in total. The number of aliphatic hydroxyl groups is 1. The smallest absolute Gasteiger partial charge is 0.250 e. The molecule has 0 saturated heterocycles. The molecule has 3 aromatic rings. The van der Waals surface area contributed by atoms with Gasteiger partial charge in [0.25, 0.3) is 5.56 Å². The van der Waals surface area contributed by atoms with Gasteiger partial charge in [-0.1, -0.05) is 31.0 Å². The van der Waals surface area contributed by atoms with Crippen LogP contribution >= 0.6 is 11.9 Å². The van der Waals surface area contributed by atoms with Gasteiger partial charge in [0, 0.05) is 53.1 Å². The molecule has 210 valence electrons. The third-order valence-corrected chi connectivity index (χ3v) is 9.24. The Morgan fingerprint density at radius 1 is 1.13 bits per heavy atom. The van der Waals surface area contributed by atoms with Crippen LogP contribution in [-0.4, -0.2) is 41.0 Å². The van der Waals surface area contributed by atoms with Gasteiger partial charge in [0.1, 0.15) is 5.82 Å². The van der Waals surface area contributed by atoms with Crippen molar-refractivity contribution in [3.63, 3.8) is 0 Å². The molecule has 3 rings (SSSR count). The fourth-order valence-electron chi connectivity index (χ4n) is 4.59. The number of nitrogens with zero attached hydrogens (tertiary/aromatic N) is 1. The van der Waals surface area contributed by atoms with Crippen molar-refractivity contribution in [3.05, 3.63) is 93.2 Å². The summed E-state index contributed by atoms with van der Waals surface area (Å²) in [6.45, 7) is 5.40. The number of sulfone groups is 1. The zero-order valence-electron chi connectivity index (χ0n) is 22.6. The van der Waals surface area contributed by atoms with Gasteiger partial charge in [-0.05, 0) is 79.6 Å². The highest BCUT2D eigenvalue weighted by atomic mass is 32.2. The topological polar surface area (TPSA) is 119 Å². The average Bonchev–Trinajstić information content (AvgIpc) is 2.89. The van der Waals surface area contributed by atoms with Gasteiger partial charge in [0.2, 0.25) is 0 Å². The maximum absolute atomic E-state index is 13.7. The second-order valence-corrected chi connectivity index (χ2v) is 14.0. The second kappa shape index (κ2) is 12.6. The van der Waals surface area contributed by atoms with E-state index in [9.17, 15) is 27.5 Å².